The number of carbonyl (C=O) groups is 1. The summed E-state index contributed by atoms with van der Waals surface area (Å²) in [6.07, 6.45) is 0. The van der Waals surface area contributed by atoms with Crippen molar-refractivity contribution in [2.24, 2.45) is 0 Å². The molecule has 1 aromatic heterocycles. The van der Waals surface area contributed by atoms with Crippen LogP contribution in [0.3, 0.4) is 0 Å². The second-order valence-electron chi connectivity index (χ2n) is 6.06. The Bertz CT molecular complexity index is 993. The first kappa shape index (κ1) is 16.8. The van der Waals surface area contributed by atoms with Crippen molar-refractivity contribution in [3.63, 3.8) is 0 Å². The third kappa shape index (κ3) is 2.91. The third-order valence-corrected chi connectivity index (χ3v) is 4.47. The molecule has 128 valence electrons. The molecule has 0 atom stereocenters. The number of carboxylic acids is 1. The topological polar surface area (TPSA) is 76.2 Å². The largest absolute Gasteiger partial charge is 0.478 e. The summed E-state index contributed by atoms with van der Waals surface area (Å²) in [6.45, 7) is 7.07. The second-order valence-corrected chi connectivity index (χ2v) is 6.06. The summed E-state index contributed by atoms with van der Waals surface area (Å²) >= 11 is 0. The number of halogens is 1. The van der Waals surface area contributed by atoms with E-state index >= 15 is 0 Å². The standard InChI is InChI=1S/C19H17FN2O3/c1-9-5-6-14(16(20)12(9)4)18-21-17(22-25-18)13-7-10(2)11(3)15(8-13)19(23)24/h5-8H,1-4H3,(H,23,24). The molecule has 1 heterocycles. The van der Waals surface area contributed by atoms with Gasteiger partial charge in [-0.2, -0.15) is 4.98 Å². The zero-order valence-corrected chi connectivity index (χ0v) is 14.3. The molecule has 0 saturated carbocycles. The van der Waals surface area contributed by atoms with Crippen LogP contribution in [0.5, 0.6) is 0 Å². The summed E-state index contributed by atoms with van der Waals surface area (Å²) < 4.78 is 19.6. The summed E-state index contributed by atoms with van der Waals surface area (Å²) in [7, 11) is 0. The van der Waals surface area contributed by atoms with Crippen molar-refractivity contribution in [2.75, 3.05) is 0 Å². The number of aryl methyl sites for hydroxylation is 2. The van der Waals surface area contributed by atoms with Crippen LogP contribution in [0.15, 0.2) is 28.8 Å². The average molecular weight is 340 g/mol. The van der Waals surface area contributed by atoms with Gasteiger partial charge in [-0.15, -0.1) is 0 Å². The van der Waals surface area contributed by atoms with Gasteiger partial charge in [-0.25, -0.2) is 9.18 Å². The molecule has 0 bridgehead atoms. The monoisotopic (exact) mass is 340 g/mol. The van der Waals surface area contributed by atoms with Gasteiger partial charge in [0.15, 0.2) is 0 Å². The van der Waals surface area contributed by atoms with Crippen LogP contribution < -0.4 is 0 Å². The van der Waals surface area contributed by atoms with Crippen molar-refractivity contribution in [3.05, 3.63) is 57.9 Å². The van der Waals surface area contributed by atoms with E-state index in [1.54, 1.807) is 32.0 Å². The van der Waals surface area contributed by atoms with Gasteiger partial charge < -0.3 is 9.63 Å². The highest BCUT2D eigenvalue weighted by Gasteiger charge is 2.18. The Morgan fingerprint density at radius 3 is 2.48 bits per heavy atom. The maximum atomic E-state index is 14.4. The van der Waals surface area contributed by atoms with Crippen LogP contribution in [0, 0.1) is 33.5 Å². The predicted molar refractivity (Wildman–Crippen MR) is 91.0 cm³/mol. The van der Waals surface area contributed by atoms with Gasteiger partial charge in [-0.05, 0) is 68.1 Å². The lowest BCUT2D eigenvalue weighted by Crippen LogP contribution is -2.02. The average Bonchev–Trinajstić information content (AvgIpc) is 3.04. The van der Waals surface area contributed by atoms with Gasteiger partial charge >= 0.3 is 5.97 Å². The van der Waals surface area contributed by atoms with Gasteiger partial charge in [0.2, 0.25) is 5.82 Å². The van der Waals surface area contributed by atoms with E-state index in [2.05, 4.69) is 10.1 Å². The Labute approximate surface area is 144 Å². The molecule has 0 aliphatic rings. The molecular formula is C19H17FN2O3. The van der Waals surface area contributed by atoms with E-state index in [4.69, 9.17) is 4.52 Å². The van der Waals surface area contributed by atoms with E-state index in [1.165, 1.54) is 6.07 Å². The quantitative estimate of drug-likeness (QED) is 0.761. The van der Waals surface area contributed by atoms with Crippen molar-refractivity contribution >= 4 is 5.97 Å². The zero-order valence-electron chi connectivity index (χ0n) is 14.3. The molecular weight excluding hydrogens is 323 g/mol. The van der Waals surface area contributed by atoms with Crippen LogP contribution in [0.25, 0.3) is 22.8 Å². The van der Waals surface area contributed by atoms with Gasteiger partial charge in [0, 0.05) is 5.56 Å². The molecule has 0 unspecified atom stereocenters. The Morgan fingerprint density at radius 1 is 1.08 bits per heavy atom. The molecule has 0 aliphatic carbocycles. The molecule has 25 heavy (non-hydrogen) atoms. The lowest BCUT2D eigenvalue weighted by atomic mass is 9.99. The SMILES string of the molecule is Cc1cc(-c2noc(-c3ccc(C)c(C)c3F)n2)cc(C(=O)O)c1C. The Hall–Kier alpha value is -3.02. The van der Waals surface area contributed by atoms with Crippen molar-refractivity contribution in [2.45, 2.75) is 27.7 Å². The van der Waals surface area contributed by atoms with Crippen molar-refractivity contribution in [1.82, 2.24) is 10.1 Å². The van der Waals surface area contributed by atoms with Gasteiger partial charge in [0.25, 0.3) is 5.89 Å². The molecule has 3 rings (SSSR count). The van der Waals surface area contributed by atoms with Gasteiger partial charge in [-0.1, -0.05) is 11.2 Å². The highest BCUT2D eigenvalue weighted by atomic mass is 19.1. The molecule has 6 heteroatoms. The van der Waals surface area contributed by atoms with Crippen LogP contribution >= 0.6 is 0 Å². The number of aromatic nitrogens is 2. The fraction of sp³-hybridized carbons (Fsp3) is 0.211. The minimum atomic E-state index is -1.02. The fourth-order valence-corrected chi connectivity index (χ4v) is 2.61. The normalized spacial score (nSPS) is 10.9. The van der Waals surface area contributed by atoms with Crippen LogP contribution in [0.4, 0.5) is 4.39 Å². The predicted octanol–water partition coefficient (Wildman–Crippen LogP) is 4.47. The Balaban J connectivity index is 2.09. The lowest BCUT2D eigenvalue weighted by Gasteiger charge is -2.06. The molecule has 2 aromatic carbocycles. The second kappa shape index (κ2) is 6.12. The van der Waals surface area contributed by atoms with Crippen molar-refractivity contribution < 1.29 is 18.8 Å². The molecule has 0 saturated heterocycles. The van der Waals surface area contributed by atoms with Crippen LogP contribution in [0.1, 0.15) is 32.6 Å². The number of aromatic carboxylic acids is 1. The number of hydrogen-bond acceptors (Lipinski definition) is 4. The van der Waals surface area contributed by atoms with E-state index in [1.807, 2.05) is 13.8 Å². The van der Waals surface area contributed by atoms with Crippen molar-refractivity contribution in [1.29, 1.82) is 0 Å². The van der Waals surface area contributed by atoms with Gasteiger partial charge in [0.05, 0.1) is 11.1 Å². The van der Waals surface area contributed by atoms with Crippen molar-refractivity contribution in [3.8, 4) is 22.8 Å². The third-order valence-electron chi connectivity index (χ3n) is 4.47. The number of rotatable bonds is 3. The molecule has 0 aliphatic heterocycles. The zero-order chi connectivity index (χ0) is 18.3. The molecule has 0 fully saturated rings. The highest BCUT2D eigenvalue weighted by Crippen LogP contribution is 2.29. The maximum Gasteiger partial charge on any atom is 0.335 e. The first-order valence-corrected chi connectivity index (χ1v) is 7.74. The van der Waals surface area contributed by atoms with Crippen LogP contribution in [0.2, 0.25) is 0 Å². The highest BCUT2D eigenvalue weighted by molar-refractivity contribution is 5.91. The summed E-state index contributed by atoms with van der Waals surface area (Å²) in [5.41, 5.74) is 3.76. The molecule has 1 N–H and O–H groups in total. The summed E-state index contributed by atoms with van der Waals surface area (Å²) in [5, 5.41) is 13.2. The Kier molecular flexibility index (Phi) is 4.12. The maximum absolute atomic E-state index is 14.4. The first-order valence-electron chi connectivity index (χ1n) is 7.74. The first-order chi connectivity index (χ1) is 11.8. The molecule has 0 radical (unpaired) electrons. The molecule has 5 nitrogen and oxygen atoms in total. The molecule has 0 spiro atoms. The fourth-order valence-electron chi connectivity index (χ4n) is 2.61. The van der Waals surface area contributed by atoms with E-state index in [9.17, 15) is 14.3 Å². The molecule has 0 amide bonds. The van der Waals surface area contributed by atoms with E-state index in [-0.39, 0.29) is 22.8 Å². The van der Waals surface area contributed by atoms with Gasteiger partial charge in [-0.3, -0.25) is 0 Å². The van der Waals surface area contributed by atoms with E-state index < -0.39 is 11.8 Å². The number of hydrogen-bond donors (Lipinski definition) is 1. The number of benzene rings is 2. The summed E-state index contributed by atoms with van der Waals surface area (Å²) in [4.78, 5) is 15.6. The summed E-state index contributed by atoms with van der Waals surface area (Å²) in [5.74, 6) is -1.14. The van der Waals surface area contributed by atoms with E-state index in [0.717, 1.165) is 11.1 Å². The van der Waals surface area contributed by atoms with Gasteiger partial charge in [0.1, 0.15) is 5.82 Å². The smallest absolute Gasteiger partial charge is 0.335 e. The Morgan fingerprint density at radius 2 is 1.80 bits per heavy atom. The van der Waals surface area contributed by atoms with Crippen LogP contribution in [-0.2, 0) is 0 Å². The van der Waals surface area contributed by atoms with Crippen LogP contribution in [-0.4, -0.2) is 21.2 Å². The molecule has 3 aromatic rings. The lowest BCUT2D eigenvalue weighted by molar-refractivity contribution is 0.0696. The number of nitrogens with zero attached hydrogens (tertiary/aromatic N) is 2. The van der Waals surface area contributed by atoms with E-state index in [0.29, 0.717) is 16.7 Å². The summed E-state index contributed by atoms with van der Waals surface area (Å²) in [6, 6.07) is 6.66. The minimum Gasteiger partial charge on any atom is -0.478 e. The minimum absolute atomic E-state index is 0.0608. The number of carboxylic acid groups (broad SMARTS) is 1.